The van der Waals surface area contributed by atoms with E-state index in [1.807, 2.05) is 0 Å². The zero-order valence-electron chi connectivity index (χ0n) is 17.6. The molecule has 9 nitrogen and oxygen atoms in total. The Bertz CT molecular complexity index is 1180. The van der Waals surface area contributed by atoms with Crippen LogP contribution in [0.1, 0.15) is 18.0 Å². The summed E-state index contributed by atoms with van der Waals surface area (Å²) in [5.41, 5.74) is 7.90. The van der Waals surface area contributed by atoms with Crippen molar-refractivity contribution in [3.05, 3.63) is 71.4 Å². The smallest absolute Gasteiger partial charge is 0.244 e. The molecule has 1 atom stereocenters. The number of likely N-dealkylation sites (N-methyl/N-ethyl adjacent to an activating group) is 1. The summed E-state index contributed by atoms with van der Waals surface area (Å²) in [5, 5.41) is 8.12. The number of fused-ring (bicyclic) bond motifs is 1. The second-order valence-electron chi connectivity index (χ2n) is 7.12. The predicted molar refractivity (Wildman–Crippen MR) is 124 cm³/mol. The topological polar surface area (TPSA) is 131 Å². The maximum absolute atomic E-state index is 14.4. The van der Waals surface area contributed by atoms with E-state index >= 15 is 0 Å². The van der Waals surface area contributed by atoms with Crippen molar-refractivity contribution in [2.24, 2.45) is 5.73 Å². The summed E-state index contributed by atoms with van der Waals surface area (Å²) in [5.74, 6) is -0.843. The Kier molecular flexibility index (Phi) is 7.41. The van der Waals surface area contributed by atoms with Crippen LogP contribution in [0.4, 0.5) is 21.8 Å². The molecule has 1 amide bonds. The number of carbonyl (C=O) groups is 2. The fourth-order valence-corrected chi connectivity index (χ4v) is 3.25. The van der Waals surface area contributed by atoms with Crippen molar-refractivity contribution in [3.8, 4) is 5.75 Å². The van der Waals surface area contributed by atoms with Gasteiger partial charge in [0.1, 0.15) is 5.75 Å². The van der Waals surface area contributed by atoms with Crippen LogP contribution in [0.2, 0.25) is 0 Å². The molecule has 0 bridgehead atoms. The van der Waals surface area contributed by atoms with Gasteiger partial charge in [-0.15, -0.1) is 12.4 Å². The summed E-state index contributed by atoms with van der Waals surface area (Å²) in [7, 11) is 1.47. The SMILES string of the molecule is CNC(=O)C=C1C=CC=C(Nc2ncc(F)c(Nc3ccc4c(c3)C(N)CCO4)n2)C1=O.Cl. The number of nitrogens with two attached hydrogens (primary N) is 1. The van der Waals surface area contributed by atoms with Crippen LogP contribution in [0, 0.1) is 5.82 Å². The first-order valence-corrected chi connectivity index (χ1v) is 9.90. The van der Waals surface area contributed by atoms with Gasteiger partial charge in [-0.05, 0) is 24.3 Å². The number of anilines is 3. The Morgan fingerprint density at radius 2 is 2.15 bits per heavy atom. The first kappa shape index (κ1) is 23.9. The Morgan fingerprint density at radius 3 is 2.94 bits per heavy atom. The average molecular weight is 473 g/mol. The maximum Gasteiger partial charge on any atom is 0.244 e. The number of rotatable bonds is 5. The van der Waals surface area contributed by atoms with E-state index in [0.717, 1.165) is 11.8 Å². The van der Waals surface area contributed by atoms with E-state index < -0.39 is 17.5 Å². The van der Waals surface area contributed by atoms with Crippen LogP contribution in [0.15, 0.2) is 60.0 Å². The molecule has 1 aromatic heterocycles. The van der Waals surface area contributed by atoms with E-state index in [2.05, 4.69) is 25.9 Å². The van der Waals surface area contributed by atoms with Gasteiger partial charge in [-0.1, -0.05) is 12.2 Å². The zero-order chi connectivity index (χ0) is 22.7. The molecule has 0 fully saturated rings. The molecule has 0 radical (unpaired) electrons. The summed E-state index contributed by atoms with van der Waals surface area (Å²) < 4.78 is 19.9. The fourth-order valence-electron chi connectivity index (χ4n) is 3.25. The van der Waals surface area contributed by atoms with Crippen LogP contribution in [-0.2, 0) is 9.59 Å². The van der Waals surface area contributed by atoms with Crippen molar-refractivity contribution in [3.63, 3.8) is 0 Å². The van der Waals surface area contributed by atoms with Gasteiger partial charge in [0.15, 0.2) is 11.6 Å². The van der Waals surface area contributed by atoms with Crippen molar-refractivity contribution in [2.75, 3.05) is 24.3 Å². The minimum Gasteiger partial charge on any atom is -0.493 e. The molecule has 1 aromatic carbocycles. The highest BCUT2D eigenvalue weighted by Crippen LogP contribution is 2.33. The number of nitrogens with zero attached hydrogens (tertiary/aromatic N) is 2. The first-order chi connectivity index (χ1) is 15.4. The van der Waals surface area contributed by atoms with E-state index in [1.54, 1.807) is 24.3 Å². The number of nitrogens with one attached hydrogen (secondary N) is 3. The third kappa shape index (κ3) is 5.36. The number of hydrogen-bond donors (Lipinski definition) is 4. The van der Waals surface area contributed by atoms with Gasteiger partial charge in [-0.25, -0.2) is 9.37 Å². The second-order valence-corrected chi connectivity index (χ2v) is 7.12. The quantitative estimate of drug-likeness (QED) is 0.488. The molecule has 1 aliphatic heterocycles. The summed E-state index contributed by atoms with van der Waals surface area (Å²) in [6, 6.07) is 5.14. The van der Waals surface area contributed by atoms with Gasteiger partial charge in [0, 0.05) is 42.4 Å². The molecular weight excluding hydrogens is 451 g/mol. The summed E-state index contributed by atoms with van der Waals surface area (Å²) >= 11 is 0. The predicted octanol–water partition coefficient (Wildman–Crippen LogP) is 2.67. The number of halogens is 2. The van der Waals surface area contributed by atoms with Gasteiger partial charge in [0.25, 0.3) is 0 Å². The van der Waals surface area contributed by atoms with Crippen LogP contribution in [0.25, 0.3) is 0 Å². The normalized spacial score (nSPS) is 17.9. The number of carbonyl (C=O) groups excluding carboxylic acids is 2. The van der Waals surface area contributed by atoms with Crippen molar-refractivity contribution in [2.45, 2.75) is 12.5 Å². The number of ether oxygens (including phenoxy) is 1. The van der Waals surface area contributed by atoms with Crippen LogP contribution < -0.4 is 26.4 Å². The minimum atomic E-state index is -0.669. The van der Waals surface area contributed by atoms with Gasteiger partial charge in [0.2, 0.25) is 17.6 Å². The molecule has 1 unspecified atom stereocenters. The van der Waals surface area contributed by atoms with Crippen LogP contribution >= 0.6 is 12.4 Å². The lowest BCUT2D eigenvalue weighted by Gasteiger charge is -2.23. The first-order valence-electron chi connectivity index (χ1n) is 9.90. The van der Waals surface area contributed by atoms with Crippen LogP contribution in [0.3, 0.4) is 0 Å². The van der Waals surface area contributed by atoms with Crippen molar-refractivity contribution in [1.82, 2.24) is 15.3 Å². The molecule has 5 N–H and O–H groups in total. The Hall–Kier alpha value is -3.76. The van der Waals surface area contributed by atoms with Gasteiger partial charge in [0.05, 0.1) is 18.5 Å². The largest absolute Gasteiger partial charge is 0.493 e. The average Bonchev–Trinajstić information content (AvgIpc) is 2.79. The minimum absolute atomic E-state index is 0. The van der Waals surface area contributed by atoms with Crippen molar-refractivity contribution < 1.29 is 18.7 Å². The Labute approximate surface area is 195 Å². The highest BCUT2D eigenvalue weighted by Gasteiger charge is 2.20. The lowest BCUT2D eigenvalue weighted by molar-refractivity contribution is -0.117. The molecule has 11 heteroatoms. The lowest BCUT2D eigenvalue weighted by atomic mass is 10.0. The van der Waals surface area contributed by atoms with Gasteiger partial charge < -0.3 is 26.4 Å². The highest BCUT2D eigenvalue weighted by atomic mass is 35.5. The van der Waals surface area contributed by atoms with E-state index in [9.17, 15) is 14.0 Å². The summed E-state index contributed by atoms with van der Waals surface area (Å²) in [6.07, 6.45) is 7.53. The van der Waals surface area contributed by atoms with Crippen LogP contribution in [0.5, 0.6) is 5.75 Å². The Balaban J connectivity index is 0.00000306. The second kappa shape index (κ2) is 10.2. The number of allylic oxidation sites excluding steroid dienone is 4. The number of ketones is 1. The van der Waals surface area contributed by atoms with E-state index in [1.165, 1.54) is 25.3 Å². The molecule has 0 saturated carbocycles. The van der Waals surface area contributed by atoms with E-state index in [0.29, 0.717) is 24.5 Å². The molecule has 0 spiro atoms. The van der Waals surface area contributed by atoms with Crippen molar-refractivity contribution >= 4 is 41.6 Å². The van der Waals surface area contributed by atoms with Gasteiger partial charge in [-0.2, -0.15) is 4.98 Å². The number of amides is 1. The molecule has 2 aliphatic rings. The van der Waals surface area contributed by atoms with Crippen LogP contribution in [-0.4, -0.2) is 35.3 Å². The molecular formula is C22H22ClFN6O3. The molecule has 33 heavy (non-hydrogen) atoms. The zero-order valence-corrected chi connectivity index (χ0v) is 18.4. The lowest BCUT2D eigenvalue weighted by Crippen LogP contribution is -2.21. The van der Waals surface area contributed by atoms with E-state index in [4.69, 9.17) is 10.5 Å². The maximum atomic E-state index is 14.4. The molecule has 172 valence electrons. The molecule has 1 aliphatic carbocycles. The van der Waals surface area contributed by atoms with Gasteiger partial charge in [-0.3, -0.25) is 9.59 Å². The Morgan fingerprint density at radius 1 is 1.33 bits per heavy atom. The summed E-state index contributed by atoms with van der Waals surface area (Å²) in [4.78, 5) is 32.2. The monoisotopic (exact) mass is 472 g/mol. The number of benzene rings is 1. The number of Topliss-reactive ketones (excluding diaryl/α,β-unsaturated/α-hetero) is 1. The molecule has 2 heterocycles. The van der Waals surface area contributed by atoms with Gasteiger partial charge >= 0.3 is 0 Å². The fraction of sp³-hybridized carbons (Fsp3) is 0.182. The standard InChI is InChI=1S/C22H21FN6O3.ClH/c1-25-19(30)9-12-3-2-4-17(20(12)31)28-22-26-11-15(23)21(29-22)27-13-5-6-18-14(10-13)16(24)7-8-32-18;/h2-6,9-11,16H,7-8,24H2,1H3,(H,25,30)(H2,26,27,28,29);1H. The number of aromatic nitrogens is 2. The van der Waals surface area contributed by atoms with Crippen molar-refractivity contribution in [1.29, 1.82) is 0 Å². The number of hydrogen-bond acceptors (Lipinski definition) is 8. The molecule has 0 saturated heterocycles. The molecule has 4 rings (SSSR count). The highest BCUT2D eigenvalue weighted by molar-refractivity contribution is 6.15. The summed E-state index contributed by atoms with van der Waals surface area (Å²) in [6.45, 7) is 0.556. The third-order valence-electron chi connectivity index (χ3n) is 4.93. The van der Waals surface area contributed by atoms with E-state index in [-0.39, 0.29) is 41.5 Å². The molecule has 2 aromatic rings. The third-order valence-corrected chi connectivity index (χ3v) is 4.93.